The minimum atomic E-state index is -0.378. The van der Waals surface area contributed by atoms with Crippen molar-refractivity contribution in [3.8, 4) is 11.5 Å². The largest absolute Gasteiger partial charge is 0.492 e. The number of methoxy groups -OCH3 is 2. The van der Waals surface area contributed by atoms with Gasteiger partial charge in [0, 0.05) is 38.5 Å². The van der Waals surface area contributed by atoms with Gasteiger partial charge in [-0.25, -0.2) is 0 Å². The van der Waals surface area contributed by atoms with Crippen molar-refractivity contribution in [2.24, 2.45) is 5.92 Å². The van der Waals surface area contributed by atoms with Crippen molar-refractivity contribution in [2.75, 3.05) is 34.0 Å². The van der Waals surface area contributed by atoms with Crippen molar-refractivity contribution in [2.45, 2.75) is 50.1 Å². The molecule has 6 nitrogen and oxygen atoms in total. The topological polar surface area (TPSA) is 55.4 Å². The molecule has 1 aliphatic carbocycles. The molecular weight excluding hydrogens is 456 g/mol. The summed E-state index contributed by atoms with van der Waals surface area (Å²) in [6, 6.07) is 17.0. The Labute approximate surface area is 213 Å². The van der Waals surface area contributed by atoms with Gasteiger partial charge >= 0.3 is 0 Å². The molecular formula is C30H36O6. The van der Waals surface area contributed by atoms with E-state index < -0.39 is 0 Å². The van der Waals surface area contributed by atoms with Gasteiger partial charge in [0.05, 0.1) is 13.2 Å². The molecule has 2 aromatic rings. The van der Waals surface area contributed by atoms with Gasteiger partial charge in [-0.15, -0.1) is 0 Å². The van der Waals surface area contributed by atoms with E-state index in [0.717, 1.165) is 49.5 Å². The molecule has 36 heavy (non-hydrogen) atoms. The van der Waals surface area contributed by atoms with Crippen LogP contribution in [0.15, 0.2) is 72.5 Å². The van der Waals surface area contributed by atoms with Gasteiger partial charge in [0.1, 0.15) is 23.9 Å². The Morgan fingerprint density at radius 2 is 1.89 bits per heavy atom. The summed E-state index contributed by atoms with van der Waals surface area (Å²) in [5.41, 5.74) is 2.52. The number of hydrogen-bond acceptors (Lipinski definition) is 6. The number of ether oxygens (including phenoxy) is 6. The van der Waals surface area contributed by atoms with Gasteiger partial charge in [-0.1, -0.05) is 42.5 Å². The van der Waals surface area contributed by atoms with E-state index in [2.05, 4.69) is 60.7 Å². The van der Waals surface area contributed by atoms with Gasteiger partial charge in [-0.3, -0.25) is 0 Å². The SMILES string of the molecule is COC(COC1=CCC([C@@H]2c3ccc(OC4CCCCO4)cc3OC[C@@H]2c2ccccc2)C=C1)OC. The highest BCUT2D eigenvalue weighted by atomic mass is 16.7. The molecule has 0 spiro atoms. The van der Waals surface area contributed by atoms with Crippen LogP contribution in [-0.2, 0) is 18.9 Å². The Morgan fingerprint density at radius 3 is 2.61 bits per heavy atom. The summed E-state index contributed by atoms with van der Waals surface area (Å²) >= 11 is 0. The molecule has 1 fully saturated rings. The van der Waals surface area contributed by atoms with Crippen LogP contribution in [-0.4, -0.2) is 46.6 Å². The van der Waals surface area contributed by atoms with Gasteiger partial charge in [-0.05, 0) is 54.5 Å². The molecule has 0 saturated carbocycles. The zero-order chi connectivity index (χ0) is 24.7. The van der Waals surface area contributed by atoms with Crippen molar-refractivity contribution >= 4 is 0 Å². The molecule has 6 heteroatoms. The number of rotatable bonds is 9. The standard InChI is InChI=1S/C30H36O6/c1-31-29(32-2)20-34-23-13-11-22(12-14-23)30-25-16-15-24(36-28-10-6-7-17-33-28)18-27(25)35-19-26(30)21-8-4-3-5-9-21/h3-5,8-9,11,13-16,18,22,26,28-30H,6-7,10,12,17,19-20H2,1-2H3/t22?,26-,28?,30-/m1/s1. The van der Waals surface area contributed by atoms with E-state index in [9.17, 15) is 0 Å². The summed E-state index contributed by atoms with van der Waals surface area (Å²) in [7, 11) is 3.23. The number of benzene rings is 2. The molecule has 2 heterocycles. The second-order valence-corrected chi connectivity index (χ2v) is 9.54. The van der Waals surface area contributed by atoms with Gasteiger partial charge in [0.15, 0.2) is 12.6 Å². The summed E-state index contributed by atoms with van der Waals surface area (Å²) < 4.78 is 34.6. The van der Waals surface area contributed by atoms with Crippen LogP contribution in [0.2, 0.25) is 0 Å². The van der Waals surface area contributed by atoms with E-state index in [0.29, 0.717) is 19.1 Å². The lowest BCUT2D eigenvalue weighted by atomic mass is 9.71. The predicted octanol–water partition coefficient (Wildman–Crippen LogP) is 5.95. The van der Waals surface area contributed by atoms with Gasteiger partial charge in [0.2, 0.25) is 0 Å². The summed E-state index contributed by atoms with van der Waals surface area (Å²) in [6.07, 6.45) is 10.0. The molecule has 3 aliphatic rings. The molecule has 0 amide bonds. The highest BCUT2D eigenvalue weighted by Gasteiger charge is 2.37. The van der Waals surface area contributed by atoms with Crippen LogP contribution in [0.1, 0.15) is 48.6 Å². The Kier molecular flexibility index (Phi) is 8.26. The minimum absolute atomic E-state index is 0.172. The second kappa shape index (κ2) is 12.0. The van der Waals surface area contributed by atoms with E-state index in [1.54, 1.807) is 14.2 Å². The molecule has 2 aliphatic heterocycles. The molecule has 4 atom stereocenters. The quantitative estimate of drug-likeness (QED) is 0.404. The molecule has 2 unspecified atom stereocenters. The molecule has 0 aromatic heterocycles. The van der Waals surface area contributed by atoms with Crippen molar-refractivity contribution in [1.82, 2.24) is 0 Å². The van der Waals surface area contributed by atoms with Crippen LogP contribution in [0, 0.1) is 5.92 Å². The smallest absolute Gasteiger partial charge is 0.199 e. The van der Waals surface area contributed by atoms with Crippen LogP contribution in [0.5, 0.6) is 11.5 Å². The highest BCUT2D eigenvalue weighted by Crippen LogP contribution is 2.49. The molecule has 0 radical (unpaired) electrons. The zero-order valence-corrected chi connectivity index (χ0v) is 21.1. The van der Waals surface area contributed by atoms with Crippen LogP contribution in [0.25, 0.3) is 0 Å². The van der Waals surface area contributed by atoms with Crippen LogP contribution in [0.3, 0.4) is 0 Å². The highest BCUT2D eigenvalue weighted by molar-refractivity contribution is 5.47. The van der Waals surface area contributed by atoms with Crippen molar-refractivity contribution in [3.63, 3.8) is 0 Å². The lowest BCUT2D eigenvalue weighted by Crippen LogP contribution is -2.30. The van der Waals surface area contributed by atoms with Crippen LogP contribution in [0.4, 0.5) is 0 Å². The summed E-state index contributed by atoms with van der Waals surface area (Å²) in [6.45, 7) is 1.75. The lowest BCUT2D eigenvalue weighted by Gasteiger charge is -2.38. The molecule has 192 valence electrons. The van der Waals surface area contributed by atoms with Crippen molar-refractivity contribution < 1.29 is 28.4 Å². The predicted molar refractivity (Wildman–Crippen MR) is 137 cm³/mol. The van der Waals surface area contributed by atoms with Gasteiger partial charge in [0.25, 0.3) is 0 Å². The van der Waals surface area contributed by atoms with Crippen LogP contribution < -0.4 is 9.47 Å². The molecule has 0 bridgehead atoms. The third kappa shape index (κ3) is 5.77. The zero-order valence-electron chi connectivity index (χ0n) is 21.1. The summed E-state index contributed by atoms with van der Waals surface area (Å²) in [4.78, 5) is 0. The van der Waals surface area contributed by atoms with Gasteiger partial charge in [-0.2, -0.15) is 0 Å². The summed E-state index contributed by atoms with van der Waals surface area (Å²) in [5, 5.41) is 0. The molecule has 0 N–H and O–H groups in total. The number of allylic oxidation sites excluding steroid dienone is 3. The fourth-order valence-corrected chi connectivity index (χ4v) is 5.36. The Morgan fingerprint density at radius 1 is 1.03 bits per heavy atom. The molecule has 2 aromatic carbocycles. The molecule has 1 saturated heterocycles. The first-order valence-corrected chi connectivity index (χ1v) is 12.9. The first-order valence-electron chi connectivity index (χ1n) is 12.9. The lowest BCUT2D eigenvalue weighted by molar-refractivity contribution is -0.131. The Hall–Kier alpha value is -2.80. The minimum Gasteiger partial charge on any atom is -0.492 e. The van der Waals surface area contributed by atoms with Gasteiger partial charge < -0.3 is 28.4 Å². The first kappa shape index (κ1) is 24.9. The Bertz CT molecular complexity index is 1040. The average Bonchev–Trinajstić information content (AvgIpc) is 2.94. The maximum atomic E-state index is 6.34. The molecule has 5 rings (SSSR count). The van der Waals surface area contributed by atoms with Crippen molar-refractivity contribution in [1.29, 1.82) is 0 Å². The fourth-order valence-electron chi connectivity index (χ4n) is 5.36. The van der Waals surface area contributed by atoms with Crippen molar-refractivity contribution in [3.05, 3.63) is 83.6 Å². The van der Waals surface area contributed by atoms with E-state index >= 15 is 0 Å². The monoisotopic (exact) mass is 492 g/mol. The Balaban J connectivity index is 1.36. The number of fused-ring (bicyclic) bond motifs is 1. The van der Waals surface area contributed by atoms with Crippen LogP contribution >= 0.6 is 0 Å². The maximum absolute atomic E-state index is 6.34. The average molecular weight is 493 g/mol. The third-order valence-electron chi connectivity index (χ3n) is 7.30. The fraction of sp³-hybridized carbons (Fsp3) is 0.467. The number of hydrogen-bond donors (Lipinski definition) is 0. The second-order valence-electron chi connectivity index (χ2n) is 9.54. The first-order chi connectivity index (χ1) is 17.7. The van der Waals surface area contributed by atoms with E-state index in [-0.39, 0.29) is 24.4 Å². The summed E-state index contributed by atoms with van der Waals surface area (Å²) in [5.74, 6) is 3.41. The third-order valence-corrected chi connectivity index (χ3v) is 7.30. The maximum Gasteiger partial charge on any atom is 0.199 e. The van der Waals surface area contributed by atoms with E-state index in [4.69, 9.17) is 28.4 Å². The normalized spacial score (nSPS) is 25.6. The van der Waals surface area contributed by atoms with E-state index in [1.807, 2.05) is 6.07 Å². The van der Waals surface area contributed by atoms with E-state index in [1.165, 1.54) is 11.1 Å².